The van der Waals surface area contributed by atoms with Crippen LogP contribution in [0.1, 0.15) is 13.3 Å². The largest absolute Gasteiger partial charge is 0.467 e. The number of esters is 1. The highest BCUT2D eigenvalue weighted by Gasteiger charge is 2.16. The summed E-state index contributed by atoms with van der Waals surface area (Å²) in [4.78, 5) is 11.4. The zero-order chi connectivity index (χ0) is 12.1. The summed E-state index contributed by atoms with van der Waals surface area (Å²) in [6.45, 7) is 1.92. The molecule has 0 bridgehead atoms. The van der Waals surface area contributed by atoms with Crippen molar-refractivity contribution >= 4 is 39.2 Å². The Kier molecular flexibility index (Phi) is 5.09. The maximum atomic E-state index is 11.4. The molecule has 0 aliphatic rings. The third kappa shape index (κ3) is 3.39. The highest BCUT2D eigenvalue weighted by Crippen LogP contribution is 2.26. The Morgan fingerprint density at radius 2 is 2.31 bits per heavy atom. The van der Waals surface area contributed by atoms with Crippen molar-refractivity contribution in [1.29, 1.82) is 0 Å². The van der Waals surface area contributed by atoms with Crippen molar-refractivity contribution in [2.45, 2.75) is 19.4 Å². The number of anilines is 1. The van der Waals surface area contributed by atoms with E-state index >= 15 is 0 Å². The fourth-order valence-electron chi connectivity index (χ4n) is 1.26. The van der Waals surface area contributed by atoms with Gasteiger partial charge in [-0.25, -0.2) is 4.79 Å². The van der Waals surface area contributed by atoms with E-state index in [-0.39, 0.29) is 12.0 Å². The smallest absolute Gasteiger partial charge is 0.328 e. The van der Waals surface area contributed by atoms with Crippen molar-refractivity contribution in [3.63, 3.8) is 0 Å². The van der Waals surface area contributed by atoms with Gasteiger partial charge in [-0.3, -0.25) is 0 Å². The monoisotopic (exact) mass is 305 g/mol. The topological polar surface area (TPSA) is 38.3 Å². The summed E-state index contributed by atoms with van der Waals surface area (Å²) in [5, 5.41) is 3.72. The minimum atomic E-state index is -0.335. The molecule has 0 saturated heterocycles. The predicted molar refractivity (Wildman–Crippen MR) is 68.9 cm³/mol. The molecule has 0 radical (unpaired) electrons. The van der Waals surface area contributed by atoms with Crippen LogP contribution in [0, 0.1) is 0 Å². The van der Waals surface area contributed by atoms with Crippen molar-refractivity contribution in [3.05, 3.63) is 27.7 Å². The molecular weight excluding hydrogens is 293 g/mol. The molecule has 0 amide bonds. The Hall–Kier alpha value is -0.740. The van der Waals surface area contributed by atoms with Gasteiger partial charge in [0.25, 0.3) is 0 Å². The first-order valence-corrected chi connectivity index (χ1v) is 6.05. The van der Waals surface area contributed by atoms with Gasteiger partial charge < -0.3 is 10.1 Å². The van der Waals surface area contributed by atoms with Crippen molar-refractivity contribution in [2.24, 2.45) is 0 Å². The third-order valence-corrected chi connectivity index (χ3v) is 3.37. The Balaban J connectivity index is 2.78. The number of hydrogen-bond acceptors (Lipinski definition) is 3. The zero-order valence-corrected chi connectivity index (χ0v) is 11.4. The fraction of sp³-hybridized carbons (Fsp3) is 0.364. The Morgan fingerprint density at radius 1 is 1.62 bits per heavy atom. The summed E-state index contributed by atoms with van der Waals surface area (Å²) in [5.74, 6) is -0.270. The van der Waals surface area contributed by atoms with E-state index in [0.29, 0.717) is 11.4 Å². The molecule has 5 heteroatoms. The number of nitrogens with one attached hydrogen (secondary N) is 1. The highest BCUT2D eigenvalue weighted by atomic mass is 79.9. The molecule has 0 aromatic heterocycles. The van der Waals surface area contributed by atoms with Gasteiger partial charge in [-0.2, -0.15) is 0 Å². The molecule has 0 aliphatic heterocycles. The lowest BCUT2D eigenvalue weighted by Gasteiger charge is -2.16. The third-order valence-electron chi connectivity index (χ3n) is 2.15. The van der Waals surface area contributed by atoms with Crippen molar-refractivity contribution in [1.82, 2.24) is 0 Å². The van der Waals surface area contributed by atoms with Gasteiger partial charge in [0.1, 0.15) is 6.04 Å². The molecule has 0 heterocycles. The van der Waals surface area contributed by atoms with Crippen LogP contribution in [0.4, 0.5) is 5.69 Å². The molecule has 0 saturated carbocycles. The van der Waals surface area contributed by atoms with Crippen molar-refractivity contribution < 1.29 is 9.53 Å². The molecule has 0 spiro atoms. The first-order valence-electron chi connectivity index (χ1n) is 4.88. The van der Waals surface area contributed by atoms with Crippen LogP contribution in [0.25, 0.3) is 0 Å². The number of ether oxygens (including phenoxy) is 1. The Morgan fingerprint density at radius 3 is 2.81 bits per heavy atom. The molecule has 0 aliphatic carbocycles. The van der Waals surface area contributed by atoms with E-state index in [2.05, 4.69) is 21.2 Å². The van der Waals surface area contributed by atoms with Gasteiger partial charge in [0.15, 0.2) is 0 Å². The van der Waals surface area contributed by atoms with Gasteiger partial charge in [-0.15, -0.1) is 0 Å². The van der Waals surface area contributed by atoms with E-state index in [9.17, 15) is 4.79 Å². The number of carbonyl (C=O) groups excluding carboxylic acids is 1. The molecule has 1 unspecified atom stereocenters. The summed E-state index contributed by atoms with van der Waals surface area (Å²) in [6.07, 6.45) is 0.660. The van der Waals surface area contributed by atoms with Crippen LogP contribution in [0.5, 0.6) is 0 Å². The van der Waals surface area contributed by atoms with Crippen LogP contribution in [0.15, 0.2) is 22.7 Å². The number of benzene rings is 1. The zero-order valence-electron chi connectivity index (χ0n) is 9.09. The summed E-state index contributed by atoms with van der Waals surface area (Å²) in [6, 6.07) is 5.07. The van der Waals surface area contributed by atoms with Gasteiger partial charge in [-0.05, 0) is 40.5 Å². The number of rotatable bonds is 4. The van der Waals surface area contributed by atoms with Gasteiger partial charge in [0, 0.05) is 10.2 Å². The van der Waals surface area contributed by atoms with E-state index < -0.39 is 0 Å². The lowest BCUT2D eigenvalue weighted by atomic mass is 10.2. The lowest BCUT2D eigenvalue weighted by Crippen LogP contribution is -2.29. The molecule has 1 aromatic rings. The normalized spacial score (nSPS) is 12.0. The standard InChI is InChI=1S/C11H13BrClNO2/c1-3-10(11(15)16-2)14-7-4-5-9(13)8(12)6-7/h4-6,10,14H,3H2,1-2H3. The fourth-order valence-corrected chi connectivity index (χ4v) is 1.75. The van der Waals surface area contributed by atoms with Gasteiger partial charge in [0.05, 0.1) is 12.1 Å². The molecule has 1 atom stereocenters. The quantitative estimate of drug-likeness (QED) is 0.866. The number of carbonyl (C=O) groups is 1. The van der Waals surface area contributed by atoms with E-state index in [0.717, 1.165) is 10.2 Å². The van der Waals surface area contributed by atoms with Crippen LogP contribution in [0.3, 0.4) is 0 Å². The molecule has 3 nitrogen and oxygen atoms in total. The Labute approximate surface area is 108 Å². The number of hydrogen-bond donors (Lipinski definition) is 1. The van der Waals surface area contributed by atoms with Gasteiger partial charge in [-0.1, -0.05) is 18.5 Å². The molecule has 1 aromatic carbocycles. The van der Waals surface area contributed by atoms with Crippen LogP contribution in [-0.4, -0.2) is 19.1 Å². The highest BCUT2D eigenvalue weighted by molar-refractivity contribution is 9.10. The van der Waals surface area contributed by atoms with Gasteiger partial charge >= 0.3 is 5.97 Å². The lowest BCUT2D eigenvalue weighted by molar-refractivity contribution is -0.141. The summed E-state index contributed by atoms with van der Waals surface area (Å²) >= 11 is 9.20. The van der Waals surface area contributed by atoms with E-state index in [1.54, 1.807) is 6.07 Å². The molecule has 1 N–H and O–H groups in total. The minimum absolute atomic E-state index is 0.270. The van der Waals surface area contributed by atoms with Crippen molar-refractivity contribution in [3.8, 4) is 0 Å². The molecule has 88 valence electrons. The van der Waals surface area contributed by atoms with E-state index in [4.69, 9.17) is 16.3 Å². The molecule has 16 heavy (non-hydrogen) atoms. The summed E-state index contributed by atoms with van der Waals surface area (Å²) in [5.41, 5.74) is 0.827. The minimum Gasteiger partial charge on any atom is -0.467 e. The van der Waals surface area contributed by atoms with Crippen LogP contribution >= 0.6 is 27.5 Å². The summed E-state index contributed by atoms with van der Waals surface area (Å²) < 4.78 is 5.48. The second-order valence-electron chi connectivity index (χ2n) is 3.26. The Bertz CT molecular complexity index is 384. The van der Waals surface area contributed by atoms with Crippen LogP contribution in [-0.2, 0) is 9.53 Å². The van der Waals surface area contributed by atoms with E-state index in [1.807, 2.05) is 19.1 Å². The number of methoxy groups -OCH3 is 1. The average Bonchev–Trinajstić information content (AvgIpc) is 2.29. The van der Waals surface area contributed by atoms with Crippen LogP contribution < -0.4 is 5.32 Å². The summed E-state index contributed by atoms with van der Waals surface area (Å²) in [7, 11) is 1.38. The SMILES string of the molecule is CCC(Nc1ccc(Cl)c(Br)c1)C(=O)OC. The van der Waals surface area contributed by atoms with Crippen molar-refractivity contribution in [2.75, 3.05) is 12.4 Å². The molecule has 0 fully saturated rings. The molecule has 1 rings (SSSR count). The predicted octanol–water partition coefficient (Wildman–Crippen LogP) is 3.47. The van der Waals surface area contributed by atoms with Crippen LogP contribution in [0.2, 0.25) is 5.02 Å². The first-order chi connectivity index (χ1) is 7.58. The first kappa shape index (κ1) is 13.3. The maximum absolute atomic E-state index is 11.4. The number of halogens is 2. The maximum Gasteiger partial charge on any atom is 0.328 e. The van der Waals surface area contributed by atoms with Gasteiger partial charge in [0.2, 0.25) is 0 Å². The second-order valence-corrected chi connectivity index (χ2v) is 4.52. The molecular formula is C11H13BrClNO2. The average molecular weight is 307 g/mol. The van der Waals surface area contributed by atoms with E-state index in [1.165, 1.54) is 7.11 Å². The second kappa shape index (κ2) is 6.11.